The number of ether oxygens (including phenoxy) is 1. The summed E-state index contributed by atoms with van der Waals surface area (Å²) in [5.74, 6) is 0.496. The standard InChI is InChI=1S/C33H23ClN2O2/c34-26-18-15-23(16-19-26)22-38-31-20-17-24-9-7-8-14-28(24)29(31)21-30-32(25-10-3-1-4-11-25)35-36(33(30)37)27-12-5-2-6-13-27/h1-21H,22H2/b30-21-. The molecule has 1 heterocycles. The number of nitrogens with zero attached hydrogens (tertiary/aromatic N) is 2. The third kappa shape index (κ3) is 4.70. The van der Waals surface area contributed by atoms with Crippen molar-refractivity contribution in [3.05, 3.63) is 149 Å². The number of amides is 1. The minimum absolute atomic E-state index is 0.188. The van der Waals surface area contributed by atoms with Crippen LogP contribution in [0.3, 0.4) is 0 Å². The van der Waals surface area contributed by atoms with Gasteiger partial charge in [-0.2, -0.15) is 10.1 Å². The first-order valence-corrected chi connectivity index (χ1v) is 12.7. The molecule has 0 radical (unpaired) electrons. The number of anilines is 1. The Balaban J connectivity index is 1.48. The van der Waals surface area contributed by atoms with Crippen LogP contribution in [0.2, 0.25) is 5.02 Å². The molecule has 0 bridgehead atoms. The number of hydrogen-bond donors (Lipinski definition) is 0. The highest BCUT2D eigenvalue weighted by Gasteiger charge is 2.32. The highest BCUT2D eigenvalue weighted by Crippen LogP contribution is 2.34. The predicted molar refractivity (Wildman–Crippen MR) is 155 cm³/mol. The van der Waals surface area contributed by atoms with Crippen molar-refractivity contribution in [2.24, 2.45) is 5.10 Å². The molecule has 0 unspecified atom stereocenters. The fraction of sp³-hybridized carbons (Fsp3) is 0.0303. The summed E-state index contributed by atoms with van der Waals surface area (Å²) in [6.07, 6.45) is 1.91. The predicted octanol–water partition coefficient (Wildman–Crippen LogP) is 7.91. The summed E-state index contributed by atoms with van der Waals surface area (Å²) in [6.45, 7) is 0.370. The van der Waals surface area contributed by atoms with E-state index < -0.39 is 0 Å². The number of para-hydroxylation sites is 1. The highest BCUT2D eigenvalue weighted by atomic mass is 35.5. The minimum Gasteiger partial charge on any atom is -0.488 e. The van der Waals surface area contributed by atoms with E-state index >= 15 is 0 Å². The Morgan fingerprint density at radius 1 is 0.763 bits per heavy atom. The summed E-state index contributed by atoms with van der Waals surface area (Å²) in [5, 5.41) is 8.97. The zero-order chi connectivity index (χ0) is 25.9. The van der Waals surface area contributed by atoms with Crippen LogP contribution in [-0.4, -0.2) is 11.6 Å². The lowest BCUT2D eigenvalue weighted by Crippen LogP contribution is -2.21. The molecule has 1 aliphatic heterocycles. The molecule has 0 spiro atoms. The molecule has 4 nitrogen and oxygen atoms in total. The van der Waals surface area contributed by atoms with Crippen molar-refractivity contribution in [3.63, 3.8) is 0 Å². The molecule has 5 aromatic carbocycles. The summed E-state index contributed by atoms with van der Waals surface area (Å²) in [6, 6.07) is 38.9. The van der Waals surface area contributed by atoms with Crippen LogP contribution >= 0.6 is 11.6 Å². The maximum Gasteiger partial charge on any atom is 0.281 e. The molecule has 38 heavy (non-hydrogen) atoms. The van der Waals surface area contributed by atoms with Gasteiger partial charge in [-0.3, -0.25) is 4.79 Å². The van der Waals surface area contributed by atoms with Gasteiger partial charge < -0.3 is 4.74 Å². The molecule has 0 saturated carbocycles. The molecule has 6 rings (SSSR count). The molecule has 0 saturated heterocycles. The number of rotatable bonds is 6. The molecule has 0 atom stereocenters. The highest BCUT2D eigenvalue weighted by molar-refractivity contribution is 6.37. The van der Waals surface area contributed by atoms with Gasteiger partial charge in [-0.1, -0.05) is 103 Å². The van der Waals surface area contributed by atoms with E-state index in [1.165, 1.54) is 5.01 Å². The topological polar surface area (TPSA) is 41.9 Å². The average Bonchev–Trinajstić information content (AvgIpc) is 3.30. The van der Waals surface area contributed by atoms with Crippen LogP contribution in [0.15, 0.2) is 132 Å². The van der Waals surface area contributed by atoms with Gasteiger partial charge in [0.2, 0.25) is 0 Å². The summed E-state index contributed by atoms with van der Waals surface area (Å²) >= 11 is 6.05. The van der Waals surface area contributed by atoms with Crippen molar-refractivity contribution in [2.45, 2.75) is 6.61 Å². The van der Waals surface area contributed by atoms with E-state index in [4.69, 9.17) is 21.4 Å². The molecule has 0 aromatic heterocycles. The summed E-state index contributed by atoms with van der Waals surface area (Å²) < 4.78 is 6.32. The van der Waals surface area contributed by atoms with E-state index in [2.05, 4.69) is 6.07 Å². The molecule has 0 N–H and O–H groups in total. The zero-order valence-electron chi connectivity index (χ0n) is 20.4. The lowest BCUT2D eigenvalue weighted by Gasteiger charge is -2.14. The molecular formula is C33H23ClN2O2. The van der Waals surface area contributed by atoms with Gasteiger partial charge in [0.25, 0.3) is 5.91 Å². The monoisotopic (exact) mass is 514 g/mol. The second-order valence-electron chi connectivity index (χ2n) is 8.94. The number of halogens is 1. The smallest absolute Gasteiger partial charge is 0.281 e. The van der Waals surface area contributed by atoms with Gasteiger partial charge in [-0.05, 0) is 52.7 Å². The molecular weight excluding hydrogens is 492 g/mol. The summed E-state index contributed by atoms with van der Waals surface area (Å²) in [7, 11) is 0. The molecule has 1 aliphatic rings. The van der Waals surface area contributed by atoms with E-state index in [1.807, 2.05) is 121 Å². The van der Waals surface area contributed by atoms with Crippen LogP contribution in [0.25, 0.3) is 16.8 Å². The Bertz CT molecular complexity index is 1680. The van der Waals surface area contributed by atoms with E-state index in [0.717, 1.165) is 27.5 Å². The molecule has 1 amide bonds. The number of hydrogen-bond acceptors (Lipinski definition) is 3. The Hall–Kier alpha value is -4.67. The summed E-state index contributed by atoms with van der Waals surface area (Å²) in [5.41, 5.74) is 4.54. The largest absolute Gasteiger partial charge is 0.488 e. The van der Waals surface area contributed by atoms with Crippen molar-refractivity contribution >= 4 is 45.8 Å². The quantitative estimate of drug-likeness (QED) is 0.216. The van der Waals surface area contributed by atoms with Gasteiger partial charge in [-0.25, -0.2) is 0 Å². The van der Waals surface area contributed by atoms with E-state index in [1.54, 1.807) is 0 Å². The maximum absolute atomic E-state index is 13.8. The Labute approximate surface area is 226 Å². The first kappa shape index (κ1) is 23.7. The lowest BCUT2D eigenvalue weighted by molar-refractivity contribution is -0.114. The minimum atomic E-state index is -0.188. The van der Waals surface area contributed by atoms with Gasteiger partial charge in [0.15, 0.2) is 0 Å². The van der Waals surface area contributed by atoms with Crippen LogP contribution < -0.4 is 9.75 Å². The fourth-order valence-electron chi connectivity index (χ4n) is 4.53. The second kappa shape index (κ2) is 10.4. The third-order valence-electron chi connectivity index (χ3n) is 6.45. The Kier molecular flexibility index (Phi) is 6.47. The molecule has 5 aromatic rings. The molecule has 5 heteroatoms. The number of carbonyl (C=O) groups is 1. The van der Waals surface area contributed by atoms with Crippen LogP contribution in [0.1, 0.15) is 16.7 Å². The van der Waals surface area contributed by atoms with E-state index in [-0.39, 0.29) is 5.91 Å². The fourth-order valence-corrected chi connectivity index (χ4v) is 4.66. The third-order valence-corrected chi connectivity index (χ3v) is 6.70. The van der Waals surface area contributed by atoms with Crippen LogP contribution in [0.4, 0.5) is 5.69 Å². The van der Waals surface area contributed by atoms with Crippen LogP contribution in [0, 0.1) is 0 Å². The second-order valence-corrected chi connectivity index (χ2v) is 9.38. The number of fused-ring (bicyclic) bond motifs is 1. The number of benzene rings is 5. The first-order valence-electron chi connectivity index (χ1n) is 12.3. The summed E-state index contributed by atoms with van der Waals surface area (Å²) in [4.78, 5) is 13.8. The zero-order valence-corrected chi connectivity index (χ0v) is 21.2. The SMILES string of the molecule is O=C1/C(=C\c2c(OCc3ccc(Cl)cc3)ccc3ccccc23)C(c2ccccc2)=NN1c1ccccc1. The molecule has 0 aliphatic carbocycles. The lowest BCUT2D eigenvalue weighted by atomic mass is 9.97. The number of hydrazone groups is 1. The van der Waals surface area contributed by atoms with Gasteiger partial charge in [0, 0.05) is 16.1 Å². The van der Waals surface area contributed by atoms with Crippen molar-refractivity contribution in [2.75, 3.05) is 5.01 Å². The average molecular weight is 515 g/mol. The van der Waals surface area contributed by atoms with Gasteiger partial charge >= 0.3 is 0 Å². The van der Waals surface area contributed by atoms with Crippen molar-refractivity contribution in [1.29, 1.82) is 0 Å². The van der Waals surface area contributed by atoms with Crippen LogP contribution in [-0.2, 0) is 11.4 Å². The molecule has 184 valence electrons. The van der Waals surface area contributed by atoms with Crippen molar-refractivity contribution in [3.8, 4) is 5.75 Å². The number of carbonyl (C=O) groups excluding carboxylic acids is 1. The van der Waals surface area contributed by atoms with Crippen LogP contribution in [0.5, 0.6) is 5.75 Å². The molecule has 0 fully saturated rings. The first-order chi connectivity index (χ1) is 18.7. The van der Waals surface area contributed by atoms with E-state index in [0.29, 0.717) is 34.4 Å². The van der Waals surface area contributed by atoms with Crippen molar-refractivity contribution in [1.82, 2.24) is 0 Å². The van der Waals surface area contributed by atoms with Gasteiger partial charge in [0.05, 0.1) is 11.3 Å². The maximum atomic E-state index is 13.8. The van der Waals surface area contributed by atoms with Gasteiger partial charge in [-0.15, -0.1) is 0 Å². The van der Waals surface area contributed by atoms with Crippen molar-refractivity contribution < 1.29 is 9.53 Å². The normalized spacial score (nSPS) is 14.2. The Morgan fingerprint density at radius 2 is 1.45 bits per heavy atom. The van der Waals surface area contributed by atoms with E-state index in [9.17, 15) is 4.79 Å². The Morgan fingerprint density at radius 3 is 2.21 bits per heavy atom. The van der Waals surface area contributed by atoms with Gasteiger partial charge in [0.1, 0.15) is 18.1 Å².